The molecule has 2 aromatic rings. The highest BCUT2D eigenvalue weighted by Crippen LogP contribution is 2.25. The highest BCUT2D eigenvalue weighted by Gasteiger charge is 2.16. The summed E-state index contributed by atoms with van der Waals surface area (Å²) in [6.45, 7) is 0. The van der Waals surface area contributed by atoms with Crippen LogP contribution in [0.4, 0.5) is 5.82 Å². The number of anilines is 1. The van der Waals surface area contributed by atoms with Crippen LogP contribution in [0.15, 0.2) is 30.6 Å². The number of carbonyl (C=O) groups is 1. The van der Waals surface area contributed by atoms with E-state index in [-0.39, 0.29) is 5.91 Å². The van der Waals surface area contributed by atoms with Gasteiger partial charge >= 0.3 is 0 Å². The van der Waals surface area contributed by atoms with Crippen LogP contribution >= 0.6 is 0 Å². The minimum absolute atomic E-state index is 0.187. The minimum Gasteiger partial charge on any atom is -0.384 e. The van der Waals surface area contributed by atoms with Crippen molar-refractivity contribution in [3.8, 4) is 11.3 Å². The summed E-state index contributed by atoms with van der Waals surface area (Å²) in [6, 6.07) is 5.54. The van der Waals surface area contributed by atoms with Crippen LogP contribution in [0, 0.1) is 0 Å². The molecular formula is C12H14N4O. The van der Waals surface area contributed by atoms with Crippen molar-refractivity contribution in [1.82, 2.24) is 14.9 Å². The second kappa shape index (κ2) is 4.29. The average molecular weight is 230 g/mol. The Morgan fingerprint density at radius 2 is 2.29 bits per heavy atom. The van der Waals surface area contributed by atoms with Crippen molar-refractivity contribution < 1.29 is 4.79 Å². The third-order valence-corrected chi connectivity index (χ3v) is 2.71. The number of amides is 1. The Labute approximate surface area is 99.3 Å². The first kappa shape index (κ1) is 11.2. The first-order chi connectivity index (χ1) is 8.15. The molecule has 2 aromatic heterocycles. The van der Waals surface area contributed by atoms with Gasteiger partial charge in [0, 0.05) is 32.1 Å². The Balaban J connectivity index is 2.54. The molecule has 0 fully saturated rings. The number of nitrogen functional groups attached to an aromatic ring is 1. The Kier molecular flexibility index (Phi) is 2.82. The van der Waals surface area contributed by atoms with Gasteiger partial charge in [0.25, 0.3) is 5.91 Å². The van der Waals surface area contributed by atoms with E-state index in [0.29, 0.717) is 11.4 Å². The summed E-state index contributed by atoms with van der Waals surface area (Å²) in [5.41, 5.74) is 8.18. The van der Waals surface area contributed by atoms with Gasteiger partial charge in [-0.3, -0.25) is 9.78 Å². The molecule has 0 unspecified atom stereocenters. The average Bonchev–Trinajstić information content (AvgIpc) is 2.67. The molecule has 1 amide bonds. The second-order valence-electron chi connectivity index (χ2n) is 3.71. The van der Waals surface area contributed by atoms with Crippen LogP contribution in [0.2, 0.25) is 0 Å². The van der Waals surface area contributed by atoms with Gasteiger partial charge in [0.15, 0.2) is 0 Å². The predicted octanol–water partition coefficient (Wildman–Crippen LogP) is 1.03. The monoisotopic (exact) mass is 230 g/mol. The highest BCUT2D eigenvalue weighted by atomic mass is 16.1. The fraction of sp³-hybridized carbons (Fsp3) is 0.167. The fourth-order valence-corrected chi connectivity index (χ4v) is 1.73. The summed E-state index contributed by atoms with van der Waals surface area (Å²) in [4.78, 5) is 15.7. The molecule has 5 heteroatoms. The Morgan fingerprint density at radius 1 is 1.53 bits per heavy atom. The number of pyridine rings is 1. The molecule has 0 aliphatic heterocycles. The van der Waals surface area contributed by atoms with Gasteiger partial charge in [0.1, 0.15) is 5.82 Å². The molecule has 2 heterocycles. The zero-order chi connectivity index (χ0) is 12.4. The highest BCUT2D eigenvalue weighted by molar-refractivity contribution is 6.00. The maximum Gasteiger partial charge on any atom is 0.254 e. The number of nitrogens with one attached hydrogen (secondary N) is 1. The third kappa shape index (κ3) is 1.87. The van der Waals surface area contributed by atoms with E-state index in [1.807, 2.05) is 19.2 Å². The van der Waals surface area contributed by atoms with E-state index in [0.717, 1.165) is 11.3 Å². The van der Waals surface area contributed by atoms with E-state index < -0.39 is 0 Å². The lowest BCUT2D eigenvalue weighted by Crippen LogP contribution is -2.18. The van der Waals surface area contributed by atoms with Gasteiger partial charge in [-0.15, -0.1) is 0 Å². The summed E-state index contributed by atoms with van der Waals surface area (Å²) in [6.07, 6.45) is 3.44. The molecule has 3 N–H and O–H groups in total. The summed E-state index contributed by atoms with van der Waals surface area (Å²) in [7, 11) is 3.41. The quantitative estimate of drug-likeness (QED) is 0.809. The molecule has 17 heavy (non-hydrogen) atoms. The lowest BCUT2D eigenvalue weighted by molar-refractivity contribution is 0.0964. The molecule has 0 aromatic carbocycles. The van der Waals surface area contributed by atoms with Crippen LogP contribution in [-0.4, -0.2) is 22.5 Å². The molecule has 0 atom stereocenters. The standard InChI is InChI=1S/C12H14N4O/c1-14-12(17)9-6-10(16(2)11(9)13)8-4-3-5-15-7-8/h3-7H,13H2,1-2H3,(H,14,17). The molecule has 0 saturated carbocycles. The molecule has 5 nitrogen and oxygen atoms in total. The van der Waals surface area contributed by atoms with Crippen LogP contribution in [0.3, 0.4) is 0 Å². The lowest BCUT2D eigenvalue weighted by Gasteiger charge is -2.04. The van der Waals surface area contributed by atoms with E-state index in [4.69, 9.17) is 5.73 Å². The molecule has 0 radical (unpaired) electrons. The van der Waals surface area contributed by atoms with Crippen molar-refractivity contribution in [2.75, 3.05) is 12.8 Å². The number of nitrogens with two attached hydrogens (primary N) is 1. The zero-order valence-corrected chi connectivity index (χ0v) is 9.77. The third-order valence-electron chi connectivity index (χ3n) is 2.71. The number of hydrogen-bond donors (Lipinski definition) is 2. The van der Waals surface area contributed by atoms with Crippen molar-refractivity contribution in [2.45, 2.75) is 0 Å². The smallest absolute Gasteiger partial charge is 0.254 e. The number of hydrogen-bond acceptors (Lipinski definition) is 3. The predicted molar refractivity (Wildman–Crippen MR) is 66.4 cm³/mol. The fourth-order valence-electron chi connectivity index (χ4n) is 1.73. The van der Waals surface area contributed by atoms with Gasteiger partial charge in [-0.25, -0.2) is 0 Å². The van der Waals surface area contributed by atoms with E-state index >= 15 is 0 Å². The lowest BCUT2D eigenvalue weighted by atomic mass is 10.2. The van der Waals surface area contributed by atoms with Crippen LogP contribution < -0.4 is 11.1 Å². The van der Waals surface area contributed by atoms with Crippen LogP contribution in [0.25, 0.3) is 11.3 Å². The first-order valence-corrected chi connectivity index (χ1v) is 5.22. The Morgan fingerprint density at radius 3 is 2.88 bits per heavy atom. The SMILES string of the molecule is CNC(=O)c1cc(-c2cccnc2)n(C)c1N. The van der Waals surface area contributed by atoms with Crippen molar-refractivity contribution in [3.63, 3.8) is 0 Å². The Hall–Kier alpha value is -2.30. The van der Waals surface area contributed by atoms with Gasteiger partial charge in [0.05, 0.1) is 11.3 Å². The van der Waals surface area contributed by atoms with Crippen LogP contribution in [0.5, 0.6) is 0 Å². The summed E-state index contributed by atoms with van der Waals surface area (Å²) in [5.74, 6) is 0.261. The molecule has 0 aliphatic carbocycles. The van der Waals surface area contributed by atoms with Gasteiger partial charge in [0.2, 0.25) is 0 Å². The normalized spacial score (nSPS) is 10.2. The number of aromatic nitrogens is 2. The zero-order valence-electron chi connectivity index (χ0n) is 9.77. The second-order valence-corrected chi connectivity index (χ2v) is 3.71. The molecule has 0 saturated heterocycles. The van der Waals surface area contributed by atoms with Crippen molar-refractivity contribution in [2.24, 2.45) is 7.05 Å². The minimum atomic E-state index is -0.187. The molecule has 88 valence electrons. The van der Waals surface area contributed by atoms with E-state index in [9.17, 15) is 4.79 Å². The van der Waals surface area contributed by atoms with Crippen LogP contribution in [-0.2, 0) is 7.05 Å². The molecular weight excluding hydrogens is 216 g/mol. The molecule has 0 spiro atoms. The number of rotatable bonds is 2. The van der Waals surface area contributed by atoms with Crippen molar-refractivity contribution in [1.29, 1.82) is 0 Å². The maximum absolute atomic E-state index is 11.6. The van der Waals surface area contributed by atoms with Gasteiger partial charge in [-0.1, -0.05) is 0 Å². The van der Waals surface area contributed by atoms with E-state index in [2.05, 4.69) is 10.3 Å². The molecule has 0 bridgehead atoms. The summed E-state index contributed by atoms with van der Waals surface area (Å²) < 4.78 is 1.78. The van der Waals surface area contributed by atoms with Crippen LogP contribution in [0.1, 0.15) is 10.4 Å². The van der Waals surface area contributed by atoms with Gasteiger partial charge in [-0.2, -0.15) is 0 Å². The first-order valence-electron chi connectivity index (χ1n) is 5.22. The van der Waals surface area contributed by atoms with Crippen molar-refractivity contribution in [3.05, 3.63) is 36.2 Å². The number of nitrogens with zero attached hydrogens (tertiary/aromatic N) is 2. The summed E-state index contributed by atoms with van der Waals surface area (Å²) in [5, 5.41) is 2.57. The Bertz CT molecular complexity index is 545. The van der Waals surface area contributed by atoms with Gasteiger partial charge in [-0.05, 0) is 18.2 Å². The van der Waals surface area contributed by atoms with E-state index in [1.54, 1.807) is 30.1 Å². The maximum atomic E-state index is 11.6. The van der Waals surface area contributed by atoms with Gasteiger partial charge < -0.3 is 15.6 Å². The summed E-state index contributed by atoms with van der Waals surface area (Å²) >= 11 is 0. The number of carbonyl (C=O) groups excluding carboxylic acids is 1. The van der Waals surface area contributed by atoms with E-state index in [1.165, 1.54) is 0 Å². The largest absolute Gasteiger partial charge is 0.384 e. The molecule has 0 aliphatic rings. The molecule has 2 rings (SSSR count). The van der Waals surface area contributed by atoms with Crippen molar-refractivity contribution >= 4 is 11.7 Å². The topological polar surface area (TPSA) is 72.9 Å².